The molecule has 0 saturated heterocycles. The summed E-state index contributed by atoms with van der Waals surface area (Å²) in [6.07, 6.45) is -9.13. The minimum atomic E-state index is -5.05. The minimum absolute atomic E-state index is 0.0132. The summed E-state index contributed by atoms with van der Waals surface area (Å²) >= 11 is 0. The van der Waals surface area contributed by atoms with Crippen LogP contribution in [0, 0.1) is 6.92 Å². The zero-order chi connectivity index (χ0) is 14.1. The van der Waals surface area contributed by atoms with Gasteiger partial charge in [-0.05, 0) is 18.6 Å². The van der Waals surface area contributed by atoms with Gasteiger partial charge in [-0.15, -0.1) is 0 Å². The van der Waals surface area contributed by atoms with E-state index in [1.807, 2.05) is 0 Å². The van der Waals surface area contributed by atoms with E-state index in [1.165, 1.54) is 6.92 Å². The smallest absolute Gasteiger partial charge is 0.433 e. The van der Waals surface area contributed by atoms with Crippen molar-refractivity contribution in [3.8, 4) is 0 Å². The van der Waals surface area contributed by atoms with E-state index in [2.05, 4.69) is 4.98 Å². The van der Waals surface area contributed by atoms with Crippen LogP contribution in [0.15, 0.2) is 6.07 Å². The molecular formula is C10H8F5NO2. The molecule has 0 aliphatic carbocycles. The van der Waals surface area contributed by atoms with Gasteiger partial charge in [0, 0.05) is 5.56 Å². The summed E-state index contributed by atoms with van der Waals surface area (Å²) in [6, 6.07) is 0.624. The van der Waals surface area contributed by atoms with Gasteiger partial charge in [0.25, 0.3) is 6.43 Å². The van der Waals surface area contributed by atoms with Crippen LogP contribution in [0.3, 0.4) is 0 Å². The van der Waals surface area contributed by atoms with E-state index in [0.717, 1.165) is 0 Å². The van der Waals surface area contributed by atoms with E-state index < -0.39 is 36.2 Å². The van der Waals surface area contributed by atoms with Gasteiger partial charge in [-0.3, -0.25) is 4.79 Å². The number of aromatic nitrogens is 1. The third kappa shape index (κ3) is 3.14. The second kappa shape index (κ2) is 4.87. The summed E-state index contributed by atoms with van der Waals surface area (Å²) in [5.41, 5.74) is -3.37. The van der Waals surface area contributed by atoms with E-state index in [1.54, 1.807) is 0 Å². The zero-order valence-electron chi connectivity index (χ0n) is 9.05. The lowest BCUT2D eigenvalue weighted by molar-refractivity contribution is -0.144. The summed E-state index contributed by atoms with van der Waals surface area (Å²) in [4.78, 5) is 13.5. The summed E-state index contributed by atoms with van der Waals surface area (Å²) in [5, 5.41) is 8.49. The molecule has 100 valence electrons. The molecule has 0 radical (unpaired) electrons. The topological polar surface area (TPSA) is 50.2 Å². The molecule has 1 aromatic rings. The maximum Gasteiger partial charge on any atom is 0.433 e. The number of pyridine rings is 1. The summed E-state index contributed by atoms with van der Waals surface area (Å²) in [7, 11) is 0. The zero-order valence-corrected chi connectivity index (χ0v) is 9.05. The molecule has 0 aromatic carbocycles. The lowest BCUT2D eigenvalue weighted by Crippen LogP contribution is -2.16. The van der Waals surface area contributed by atoms with Crippen molar-refractivity contribution in [3.63, 3.8) is 0 Å². The van der Waals surface area contributed by atoms with E-state index in [4.69, 9.17) is 5.11 Å². The number of carboxylic acids is 1. The van der Waals surface area contributed by atoms with E-state index in [9.17, 15) is 26.7 Å². The Morgan fingerprint density at radius 3 is 2.39 bits per heavy atom. The molecule has 1 heterocycles. The quantitative estimate of drug-likeness (QED) is 0.858. The Morgan fingerprint density at radius 1 is 1.44 bits per heavy atom. The highest BCUT2D eigenvalue weighted by molar-refractivity contribution is 5.70. The normalized spacial score (nSPS) is 11.9. The van der Waals surface area contributed by atoms with Gasteiger partial charge in [0.05, 0.1) is 12.1 Å². The van der Waals surface area contributed by atoms with E-state index >= 15 is 0 Å². The van der Waals surface area contributed by atoms with Crippen LogP contribution in [0.1, 0.15) is 28.9 Å². The first-order chi connectivity index (χ1) is 8.12. The molecule has 0 saturated carbocycles. The van der Waals surface area contributed by atoms with Crippen molar-refractivity contribution >= 4 is 5.97 Å². The van der Waals surface area contributed by atoms with Crippen molar-refractivity contribution < 1.29 is 31.9 Å². The van der Waals surface area contributed by atoms with E-state index in [0.29, 0.717) is 6.07 Å². The summed E-state index contributed by atoms with van der Waals surface area (Å²) < 4.78 is 62.5. The largest absolute Gasteiger partial charge is 0.481 e. The standard InChI is InChI=1S/C10H8F5NO2/c1-4-2-5(9(11)12)8(10(13,14)15)16-6(4)3-7(17)18/h2,9H,3H2,1H3,(H,17,18). The fourth-order valence-electron chi connectivity index (χ4n) is 1.39. The fourth-order valence-corrected chi connectivity index (χ4v) is 1.39. The molecule has 0 unspecified atom stereocenters. The lowest BCUT2D eigenvalue weighted by Gasteiger charge is -2.14. The number of rotatable bonds is 3. The average Bonchev–Trinajstić information content (AvgIpc) is 2.17. The fraction of sp³-hybridized carbons (Fsp3) is 0.400. The molecular weight excluding hydrogens is 261 g/mol. The SMILES string of the molecule is Cc1cc(C(F)F)c(C(F)(F)F)nc1CC(=O)O. The Balaban J connectivity index is 3.40. The first-order valence-electron chi connectivity index (χ1n) is 4.70. The first-order valence-corrected chi connectivity index (χ1v) is 4.70. The first kappa shape index (κ1) is 14.3. The third-order valence-corrected chi connectivity index (χ3v) is 2.17. The van der Waals surface area contributed by atoms with Crippen LogP contribution in [0.25, 0.3) is 0 Å². The molecule has 0 fully saturated rings. The van der Waals surface area contributed by atoms with Crippen LogP contribution in [0.2, 0.25) is 0 Å². The van der Waals surface area contributed by atoms with Gasteiger partial charge in [0.2, 0.25) is 0 Å². The highest BCUT2D eigenvalue weighted by Gasteiger charge is 2.38. The van der Waals surface area contributed by atoms with Crippen molar-refractivity contribution in [1.29, 1.82) is 0 Å². The number of aliphatic carboxylic acids is 1. The van der Waals surface area contributed by atoms with Gasteiger partial charge in [-0.2, -0.15) is 13.2 Å². The number of aryl methyl sites for hydroxylation is 1. The van der Waals surface area contributed by atoms with Crippen LogP contribution in [-0.4, -0.2) is 16.1 Å². The molecule has 18 heavy (non-hydrogen) atoms. The predicted octanol–water partition coefficient (Wildman–Crippen LogP) is 2.97. The Labute approximate surface area is 98.3 Å². The average molecular weight is 269 g/mol. The number of alkyl halides is 5. The maximum absolute atomic E-state index is 12.5. The molecule has 8 heteroatoms. The van der Waals surface area contributed by atoms with Gasteiger partial charge in [0.1, 0.15) is 0 Å². The molecule has 0 aliphatic rings. The molecule has 3 nitrogen and oxygen atoms in total. The Morgan fingerprint density at radius 2 is 2.00 bits per heavy atom. The summed E-state index contributed by atoms with van der Waals surface area (Å²) in [5.74, 6) is -1.39. The third-order valence-electron chi connectivity index (χ3n) is 2.17. The van der Waals surface area contributed by atoms with Crippen LogP contribution in [0.4, 0.5) is 22.0 Å². The number of halogens is 5. The molecule has 0 amide bonds. The molecule has 1 rings (SSSR count). The van der Waals surface area contributed by atoms with Gasteiger partial charge in [-0.25, -0.2) is 13.8 Å². The van der Waals surface area contributed by atoms with Gasteiger partial charge >= 0.3 is 12.1 Å². The van der Waals surface area contributed by atoms with E-state index in [-0.39, 0.29) is 11.3 Å². The van der Waals surface area contributed by atoms with Crippen molar-refractivity contribution in [2.45, 2.75) is 25.9 Å². The molecule has 0 spiro atoms. The molecule has 0 aliphatic heterocycles. The molecule has 0 atom stereocenters. The molecule has 0 bridgehead atoms. The lowest BCUT2D eigenvalue weighted by atomic mass is 10.1. The van der Waals surface area contributed by atoms with Crippen molar-refractivity contribution in [3.05, 3.63) is 28.6 Å². The van der Waals surface area contributed by atoms with Crippen LogP contribution >= 0.6 is 0 Å². The van der Waals surface area contributed by atoms with Gasteiger partial charge in [-0.1, -0.05) is 0 Å². The monoisotopic (exact) mass is 269 g/mol. The number of hydrogen-bond donors (Lipinski definition) is 1. The predicted molar refractivity (Wildman–Crippen MR) is 50.3 cm³/mol. The van der Waals surface area contributed by atoms with Gasteiger partial charge < -0.3 is 5.11 Å². The van der Waals surface area contributed by atoms with Gasteiger partial charge in [0.15, 0.2) is 5.69 Å². The Kier molecular flexibility index (Phi) is 3.88. The Bertz CT molecular complexity index is 470. The Hall–Kier alpha value is -1.73. The van der Waals surface area contributed by atoms with Crippen molar-refractivity contribution in [1.82, 2.24) is 4.98 Å². The van der Waals surface area contributed by atoms with Crippen molar-refractivity contribution in [2.75, 3.05) is 0 Å². The number of carbonyl (C=O) groups is 1. The minimum Gasteiger partial charge on any atom is -0.481 e. The second-order valence-corrected chi connectivity index (χ2v) is 3.56. The number of hydrogen-bond acceptors (Lipinski definition) is 2. The van der Waals surface area contributed by atoms with Crippen molar-refractivity contribution in [2.24, 2.45) is 0 Å². The highest BCUT2D eigenvalue weighted by atomic mass is 19.4. The molecule has 1 N–H and O–H groups in total. The number of nitrogens with zero attached hydrogens (tertiary/aromatic N) is 1. The van der Waals surface area contributed by atoms with Crippen LogP contribution in [0.5, 0.6) is 0 Å². The maximum atomic E-state index is 12.5. The summed E-state index contributed by atoms with van der Waals surface area (Å²) in [6.45, 7) is 1.23. The highest BCUT2D eigenvalue weighted by Crippen LogP contribution is 2.35. The van der Waals surface area contributed by atoms with Crippen LogP contribution < -0.4 is 0 Å². The number of carboxylic acid groups (broad SMARTS) is 1. The van der Waals surface area contributed by atoms with Crippen LogP contribution in [-0.2, 0) is 17.4 Å². The second-order valence-electron chi connectivity index (χ2n) is 3.56. The molecule has 1 aromatic heterocycles.